The van der Waals surface area contributed by atoms with Crippen molar-refractivity contribution in [3.8, 4) is 0 Å². The van der Waals surface area contributed by atoms with Crippen molar-refractivity contribution >= 4 is 33.3 Å². The fourth-order valence-electron chi connectivity index (χ4n) is 4.48. The Balaban J connectivity index is 2.07. The summed E-state index contributed by atoms with van der Waals surface area (Å²) in [5.74, 6) is -0.872. The Morgan fingerprint density at radius 1 is 0.878 bits per heavy atom. The highest BCUT2D eigenvalue weighted by Crippen LogP contribution is 2.22. The first-order chi connectivity index (χ1) is 19.3. The maximum absolute atomic E-state index is 14.1. The topological polar surface area (TPSA) is 104 Å². The van der Waals surface area contributed by atoms with Crippen molar-refractivity contribution in [2.45, 2.75) is 46.7 Å². The van der Waals surface area contributed by atoms with E-state index in [0.717, 1.165) is 27.3 Å². The zero-order valence-electron chi connectivity index (χ0n) is 24.3. The lowest BCUT2D eigenvalue weighted by atomic mass is 10.0. The molecule has 218 valence electrons. The van der Waals surface area contributed by atoms with Gasteiger partial charge in [-0.1, -0.05) is 86.1 Å². The monoisotopic (exact) mass is 577 g/mol. The minimum absolute atomic E-state index is 0.109. The van der Waals surface area contributed by atoms with Gasteiger partial charge in [0.1, 0.15) is 12.6 Å². The van der Waals surface area contributed by atoms with Gasteiger partial charge in [-0.05, 0) is 43.0 Å². The molecule has 0 aliphatic heterocycles. The van der Waals surface area contributed by atoms with Crippen molar-refractivity contribution in [3.63, 3.8) is 0 Å². The van der Waals surface area contributed by atoms with E-state index >= 15 is 0 Å². The van der Waals surface area contributed by atoms with Crippen LogP contribution in [0.15, 0.2) is 78.9 Å². The van der Waals surface area contributed by atoms with Gasteiger partial charge in [0.05, 0.1) is 11.9 Å². The normalized spacial score (nSPS) is 12.0. The Morgan fingerprint density at radius 2 is 1.54 bits per heavy atom. The molecule has 0 saturated carbocycles. The average molecular weight is 578 g/mol. The predicted octanol–water partition coefficient (Wildman–Crippen LogP) is 4.38. The van der Waals surface area contributed by atoms with Crippen LogP contribution in [-0.2, 0) is 32.6 Å². The first-order valence-electron chi connectivity index (χ1n) is 13.6. The Hall–Kier alpha value is -3.98. The van der Waals surface area contributed by atoms with Crippen molar-refractivity contribution < 1.29 is 22.8 Å². The number of carbonyl (C=O) groups is 3. The molecule has 0 radical (unpaired) electrons. The molecule has 9 heteroatoms. The summed E-state index contributed by atoms with van der Waals surface area (Å²) in [6.07, 6.45) is 1.27. The van der Waals surface area contributed by atoms with Gasteiger partial charge in [0.15, 0.2) is 5.78 Å². The molecule has 8 nitrogen and oxygen atoms in total. The fourth-order valence-corrected chi connectivity index (χ4v) is 5.32. The minimum atomic E-state index is -3.92. The molecule has 41 heavy (non-hydrogen) atoms. The van der Waals surface area contributed by atoms with E-state index < -0.39 is 28.5 Å². The molecule has 0 heterocycles. The molecule has 0 bridgehead atoms. The van der Waals surface area contributed by atoms with Crippen LogP contribution >= 0.6 is 0 Å². The lowest BCUT2D eigenvalue weighted by molar-refractivity contribution is -0.140. The van der Waals surface area contributed by atoms with Crippen molar-refractivity contribution in [2.24, 2.45) is 5.92 Å². The van der Waals surface area contributed by atoms with Crippen LogP contribution in [0, 0.1) is 12.8 Å². The Kier molecular flexibility index (Phi) is 10.8. The van der Waals surface area contributed by atoms with E-state index in [4.69, 9.17) is 0 Å². The van der Waals surface area contributed by atoms with Crippen LogP contribution in [0.5, 0.6) is 0 Å². The number of nitrogens with one attached hydrogen (secondary N) is 1. The van der Waals surface area contributed by atoms with E-state index in [9.17, 15) is 22.8 Å². The van der Waals surface area contributed by atoms with Crippen molar-refractivity contribution in [1.82, 2.24) is 10.2 Å². The van der Waals surface area contributed by atoms with Gasteiger partial charge < -0.3 is 10.2 Å². The maximum Gasteiger partial charge on any atom is 0.244 e. The van der Waals surface area contributed by atoms with Gasteiger partial charge in [0.2, 0.25) is 21.8 Å². The Labute approximate surface area is 243 Å². The summed E-state index contributed by atoms with van der Waals surface area (Å²) in [4.78, 5) is 41.2. The average Bonchev–Trinajstić information content (AvgIpc) is 2.92. The third kappa shape index (κ3) is 9.28. The summed E-state index contributed by atoms with van der Waals surface area (Å²) in [7, 11) is -3.92. The van der Waals surface area contributed by atoms with Crippen LogP contribution in [-0.4, -0.2) is 56.3 Å². The second kappa shape index (κ2) is 14.1. The molecule has 2 amide bonds. The molecule has 0 unspecified atom stereocenters. The summed E-state index contributed by atoms with van der Waals surface area (Å²) in [6, 6.07) is 22.3. The molecule has 3 aromatic rings. The van der Waals surface area contributed by atoms with Crippen LogP contribution in [0.3, 0.4) is 0 Å². The summed E-state index contributed by atoms with van der Waals surface area (Å²) in [5.41, 5.74) is 3.21. The summed E-state index contributed by atoms with van der Waals surface area (Å²) in [5, 5.41) is 2.97. The zero-order chi connectivity index (χ0) is 30.2. The van der Waals surface area contributed by atoms with Gasteiger partial charge >= 0.3 is 0 Å². The van der Waals surface area contributed by atoms with Crippen LogP contribution in [0.2, 0.25) is 0 Å². The number of anilines is 1. The van der Waals surface area contributed by atoms with Gasteiger partial charge in [-0.3, -0.25) is 18.7 Å². The number of hydrogen-bond donors (Lipinski definition) is 1. The van der Waals surface area contributed by atoms with Crippen molar-refractivity contribution in [1.29, 1.82) is 0 Å². The number of hydrogen-bond acceptors (Lipinski definition) is 5. The molecule has 0 fully saturated rings. The number of nitrogens with zero attached hydrogens (tertiary/aromatic N) is 2. The SMILES string of the molecule is CC(=O)c1cccc(N(CC(=O)N(Cc2cccc(C)c2)[C@@H](Cc2ccccc2)C(=O)NCC(C)C)S(C)(=O)=O)c1. The highest BCUT2D eigenvalue weighted by molar-refractivity contribution is 7.92. The van der Waals surface area contributed by atoms with E-state index in [1.165, 1.54) is 17.9 Å². The number of aryl methyl sites for hydroxylation is 1. The zero-order valence-corrected chi connectivity index (χ0v) is 25.1. The van der Waals surface area contributed by atoms with Gasteiger partial charge in [0.25, 0.3) is 0 Å². The number of Topliss-reactive ketones (excluding diaryl/α,β-unsaturated/α-hetero) is 1. The Morgan fingerprint density at radius 3 is 2.15 bits per heavy atom. The minimum Gasteiger partial charge on any atom is -0.354 e. The number of amides is 2. The standard InChI is InChI=1S/C32H39N3O5S/c1-23(2)20-33-32(38)30(18-26-12-7-6-8-13-26)34(21-27-14-9-11-24(3)17-27)31(37)22-35(41(5,39)40)29-16-10-15-28(19-29)25(4)36/h6-17,19,23,30H,18,20-22H2,1-5H3,(H,33,38)/t30-/m0/s1. The van der Waals surface area contributed by atoms with E-state index in [1.807, 2.05) is 75.4 Å². The third-order valence-corrected chi connectivity index (χ3v) is 7.75. The highest BCUT2D eigenvalue weighted by Gasteiger charge is 2.33. The smallest absolute Gasteiger partial charge is 0.244 e. The molecule has 3 aromatic carbocycles. The summed E-state index contributed by atoms with van der Waals surface area (Å²) >= 11 is 0. The quantitative estimate of drug-likeness (QED) is 0.304. The summed E-state index contributed by atoms with van der Waals surface area (Å²) < 4.78 is 26.9. The maximum atomic E-state index is 14.1. The number of rotatable bonds is 13. The van der Waals surface area contributed by atoms with Gasteiger partial charge in [0, 0.05) is 25.1 Å². The van der Waals surface area contributed by atoms with E-state index in [1.54, 1.807) is 18.2 Å². The molecule has 1 atom stereocenters. The lowest BCUT2D eigenvalue weighted by Gasteiger charge is -2.33. The number of carbonyl (C=O) groups excluding carboxylic acids is 3. The van der Waals surface area contributed by atoms with Crippen LogP contribution in [0.25, 0.3) is 0 Å². The number of sulfonamides is 1. The van der Waals surface area contributed by atoms with Crippen molar-refractivity contribution in [3.05, 3.63) is 101 Å². The van der Waals surface area contributed by atoms with Gasteiger partial charge in [-0.2, -0.15) is 0 Å². The second-order valence-electron chi connectivity index (χ2n) is 10.7. The molecule has 0 spiro atoms. The molecule has 1 N–H and O–H groups in total. The van der Waals surface area contributed by atoms with Crippen LogP contribution in [0.1, 0.15) is 47.8 Å². The first-order valence-corrected chi connectivity index (χ1v) is 15.5. The van der Waals surface area contributed by atoms with Crippen LogP contribution < -0.4 is 9.62 Å². The fraction of sp³-hybridized carbons (Fsp3) is 0.344. The predicted molar refractivity (Wildman–Crippen MR) is 162 cm³/mol. The lowest BCUT2D eigenvalue weighted by Crippen LogP contribution is -2.53. The molecule has 0 aliphatic rings. The largest absolute Gasteiger partial charge is 0.354 e. The second-order valence-corrected chi connectivity index (χ2v) is 12.6. The summed E-state index contributed by atoms with van der Waals surface area (Å²) in [6.45, 7) is 7.32. The molecular formula is C32H39N3O5S. The number of ketones is 1. The molecule has 0 aliphatic carbocycles. The van der Waals surface area contributed by atoms with Crippen molar-refractivity contribution in [2.75, 3.05) is 23.7 Å². The van der Waals surface area contributed by atoms with Crippen LogP contribution in [0.4, 0.5) is 5.69 Å². The van der Waals surface area contributed by atoms with Gasteiger partial charge in [-0.15, -0.1) is 0 Å². The van der Waals surface area contributed by atoms with Gasteiger partial charge in [-0.25, -0.2) is 8.42 Å². The molecular weight excluding hydrogens is 538 g/mol. The van der Waals surface area contributed by atoms with E-state index in [0.29, 0.717) is 12.1 Å². The Bertz CT molecular complexity index is 1470. The first kappa shape index (κ1) is 31.5. The molecule has 3 rings (SSSR count). The van der Waals surface area contributed by atoms with E-state index in [2.05, 4.69) is 5.32 Å². The third-order valence-electron chi connectivity index (χ3n) is 6.61. The van der Waals surface area contributed by atoms with E-state index in [-0.39, 0.29) is 36.3 Å². The number of benzene rings is 3. The molecule has 0 saturated heterocycles. The highest BCUT2D eigenvalue weighted by atomic mass is 32.2. The molecule has 0 aromatic heterocycles.